The SMILES string of the molecule is COc1ccc(Cl)cc1NC(=O)c1sc2ncnc(N3CCN(C)CC3)c2c1C. The number of ether oxygens (including phenoxy) is 1. The van der Waals surface area contributed by atoms with Crippen molar-refractivity contribution in [3.05, 3.63) is 40.0 Å². The summed E-state index contributed by atoms with van der Waals surface area (Å²) in [6.07, 6.45) is 1.58. The lowest BCUT2D eigenvalue weighted by Crippen LogP contribution is -2.44. The predicted molar refractivity (Wildman–Crippen MR) is 118 cm³/mol. The monoisotopic (exact) mass is 431 g/mol. The number of nitrogens with one attached hydrogen (secondary N) is 1. The number of nitrogens with zero attached hydrogens (tertiary/aromatic N) is 4. The summed E-state index contributed by atoms with van der Waals surface area (Å²) in [5.74, 6) is 1.24. The van der Waals surface area contributed by atoms with Crippen molar-refractivity contribution in [3.8, 4) is 5.75 Å². The third kappa shape index (κ3) is 3.88. The van der Waals surface area contributed by atoms with E-state index >= 15 is 0 Å². The number of aromatic nitrogens is 2. The van der Waals surface area contributed by atoms with Crippen LogP contribution in [0.15, 0.2) is 24.5 Å². The first-order valence-corrected chi connectivity index (χ1v) is 10.5. The van der Waals surface area contributed by atoms with E-state index in [-0.39, 0.29) is 5.91 Å². The lowest BCUT2D eigenvalue weighted by atomic mass is 10.1. The maximum absolute atomic E-state index is 13.0. The molecule has 2 aromatic heterocycles. The van der Waals surface area contributed by atoms with E-state index in [1.54, 1.807) is 31.6 Å². The summed E-state index contributed by atoms with van der Waals surface area (Å²) in [6.45, 7) is 5.72. The van der Waals surface area contributed by atoms with Crippen molar-refractivity contribution in [2.45, 2.75) is 6.92 Å². The highest BCUT2D eigenvalue weighted by Gasteiger charge is 2.24. The van der Waals surface area contributed by atoms with Crippen molar-refractivity contribution in [1.29, 1.82) is 0 Å². The molecule has 1 saturated heterocycles. The standard InChI is InChI=1S/C20H22ClN5O2S/c1-12-16-18(26-8-6-25(2)7-9-26)22-11-23-20(16)29-17(12)19(27)24-14-10-13(21)4-5-15(14)28-3/h4-5,10-11H,6-9H2,1-3H3,(H,24,27). The van der Waals surface area contributed by atoms with E-state index in [0.29, 0.717) is 21.3 Å². The maximum atomic E-state index is 13.0. The average molecular weight is 432 g/mol. The van der Waals surface area contributed by atoms with Crippen molar-refractivity contribution in [3.63, 3.8) is 0 Å². The number of hydrogen-bond donors (Lipinski definition) is 1. The van der Waals surface area contributed by atoms with Gasteiger partial charge in [0.25, 0.3) is 5.91 Å². The zero-order valence-electron chi connectivity index (χ0n) is 16.5. The number of fused-ring (bicyclic) bond motifs is 1. The van der Waals surface area contributed by atoms with Crippen molar-refractivity contribution < 1.29 is 9.53 Å². The first-order valence-electron chi connectivity index (χ1n) is 9.30. The third-order valence-electron chi connectivity index (χ3n) is 5.13. The van der Waals surface area contributed by atoms with Crippen LogP contribution >= 0.6 is 22.9 Å². The zero-order valence-corrected chi connectivity index (χ0v) is 18.1. The Balaban J connectivity index is 1.68. The molecule has 0 radical (unpaired) electrons. The number of rotatable bonds is 4. The molecule has 0 bridgehead atoms. The van der Waals surface area contributed by atoms with E-state index in [1.165, 1.54) is 11.3 Å². The molecule has 1 aromatic carbocycles. The molecule has 1 aliphatic rings. The van der Waals surface area contributed by atoms with Gasteiger partial charge in [-0.3, -0.25) is 4.79 Å². The first kappa shape index (κ1) is 19.9. The van der Waals surface area contributed by atoms with Gasteiger partial charge < -0.3 is 19.9 Å². The summed E-state index contributed by atoms with van der Waals surface area (Å²) in [4.78, 5) is 28.0. The van der Waals surface area contributed by atoms with Gasteiger partial charge in [-0.15, -0.1) is 11.3 Å². The van der Waals surface area contributed by atoms with Crippen molar-refractivity contribution in [2.24, 2.45) is 0 Å². The number of carbonyl (C=O) groups excluding carboxylic acids is 1. The Kier molecular flexibility index (Phi) is 5.58. The fourth-order valence-corrected chi connectivity index (χ4v) is 4.70. The van der Waals surface area contributed by atoms with Crippen LogP contribution in [0.2, 0.25) is 5.02 Å². The van der Waals surface area contributed by atoms with Crippen molar-refractivity contribution in [2.75, 3.05) is 50.6 Å². The number of methoxy groups -OCH3 is 1. The summed E-state index contributed by atoms with van der Waals surface area (Å²) < 4.78 is 5.33. The number of carbonyl (C=O) groups is 1. The van der Waals surface area contributed by atoms with Crippen molar-refractivity contribution in [1.82, 2.24) is 14.9 Å². The number of amides is 1. The normalized spacial score (nSPS) is 15.0. The topological polar surface area (TPSA) is 70.6 Å². The number of benzene rings is 1. The van der Waals surface area contributed by atoms with Gasteiger partial charge >= 0.3 is 0 Å². The number of likely N-dealkylation sites (N-methyl/N-ethyl adjacent to an activating group) is 1. The summed E-state index contributed by atoms with van der Waals surface area (Å²) in [5, 5.41) is 4.39. The predicted octanol–water partition coefficient (Wildman–Crippen LogP) is 3.67. The Bertz CT molecular complexity index is 1060. The number of halogens is 1. The summed E-state index contributed by atoms with van der Waals surface area (Å²) in [7, 11) is 3.68. The van der Waals surface area contributed by atoms with Gasteiger partial charge in [0.15, 0.2) is 0 Å². The third-order valence-corrected chi connectivity index (χ3v) is 6.56. The van der Waals surface area contributed by atoms with Gasteiger partial charge in [-0.05, 0) is 37.7 Å². The summed E-state index contributed by atoms with van der Waals surface area (Å²) in [6, 6.07) is 5.13. The van der Waals surface area contributed by atoms with E-state index in [9.17, 15) is 4.79 Å². The molecule has 0 aliphatic carbocycles. The number of hydrogen-bond acceptors (Lipinski definition) is 7. The lowest BCUT2D eigenvalue weighted by molar-refractivity contribution is 0.102. The molecule has 3 aromatic rings. The molecule has 0 saturated carbocycles. The van der Waals surface area contributed by atoms with E-state index in [4.69, 9.17) is 16.3 Å². The minimum absolute atomic E-state index is 0.213. The van der Waals surface area contributed by atoms with Crippen LogP contribution in [0.1, 0.15) is 15.2 Å². The van der Waals surface area contributed by atoms with E-state index in [0.717, 1.165) is 47.8 Å². The van der Waals surface area contributed by atoms with E-state index < -0.39 is 0 Å². The van der Waals surface area contributed by atoms with Crippen LogP contribution in [0.3, 0.4) is 0 Å². The fraction of sp³-hybridized carbons (Fsp3) is 0.350. The second-order valence-electron chi connectivity index (χ2n) is 7.02. The fourth-order valence-electron chi connectivity index (χ4n) is 3.48. The van der Waals surface area contributed by atoms with E-state index in [2.05, 4.69) is 32.1 Å². The van der Waals surface area contributed by atoms with E-state index in [1.807, 2.05) is 6.92 Å². The van der Waals surface area contributed by atoms with Crippen LogP contribution < -0.4 is 15.0 Å². The van der Waals surface area contributed by atoms with Gasteiger partial charge in [-0.25, -0.2) is 9.97 Å². The van der Waals surface area contributed by atoms with Crippen LogP contribution in [-0.2, 0) is 0 Å². The van der Waals surface area contributed by atoms with Gasteiger partial charge in [-0.1, -0.05) is 11.6 Å². The Morgan fingerprint density at radius 2 is 2.00 bits per heavy atom. The highest BCUT2D eigenvalue weighted by atomic mass is 35.5. The molecule has 3 heterocycles. The number of anilines is 2. The van der Waals surface area contributed by atoms with Crippen LogP contribution in [0, 0.1) is 6.92 Å². The molecule has 0 spiro atoms. The Morgan fingerprint density at radius 3 is 2.72 bits per heavy atom. The molecular formula is C20H22ClN5O2S. The Hall–Kier alpha value is -2.42. The molecule has 0 atom stereocenters. The number of piperazine rings is 1. The number of thiophene rings is 1. The highest BCUT2D eigenvalue weighted by Crippen LogP contribution is 2.36. The molecule has 1 N–H and O–H groups in total. The minimum Gasteiger partial charge on any atom is -0.495 e. The summed E-state index contributed by atoms with van der Waals surface area (Å²) >= 11 is 7.46. The van der Waals surface area contributed by atoms with Gasteiger partial charge in [0, 0.05) is 31.2 Å². The summed E-state index contributed by atoms with van der Waals surface area (Å²) in [5.41, 5.74) is 1.42. The molecule has 1 aliphatic heterocycles. The van der Waals surface area contributed by atoms with Gasteiger partial charge in [0.1, 0.15) is 22.7 Å². The van der Waals surface area contributed by atoms with Crippen LogP contribution in [0.25, 0.3) is 10.2 Å². The minimum atomic E-state index is -0.213. The molecule has 7 nitrogen and oxygen atoms in total. The molecule has 4 rings (SSSR count). The Labute approximate surface area is 178 Å². The number of aryl methyl sites for hydroxylation is 1. The van der Waals surface area contributed by atoms with Crippen LogP contribution in [0.4, 0.5) is 11.5 Å². The largest absolute Gasteiger partial charge is 0.495 e. The van der Waals surface area contributed by atoms with Gasteiger partial charge in [0.2, 0.25) is 0 Å². The smallest absolute Gasteiger partial charge is 0.266 e. The zero-order chi connectivity index (χ0) is 20.5. The highest BCUT2D eigenvalue weighted by molar-refractivity contribution is 7.20. The molecular weight excluding hydrogens is 410 g/mol. The first-order chi connectivity index (χ1) is 14.0. The van der Waals surface area contributed by atoms with Crippen LogP contribution in [0.5, 0.6) is 5.75 Å². The second kappa shape index (κ2) is 8.14. The second-order valence-corrected chi connectivity index (χ2v) is 8.46. The molecule has 0 unspecified atom stereocenters. The Morgan fingerprint density at radius 1 is 1.24 bits per heavy atom. The quantitative estimate of drug-likeness (QED) is 0.679. The molecule has 152 valence electrons. The lowest BCUT2D eigenvalue weighted by Gasteiger charge is -2.33. The molecule has 1 fully saturated rings. The molecule has 9 heteroatoms. The average Bonchev–Trinajstić information content (AvgIpc) is 3.06. The van der Waals surface area contributed by atoms with Crippen LogP contribution in [-0.4, -0.2) is 61.1 Å². The maximum Gasteiger partial charge on any atom is 0.266 e. The molecule has 29 heavy (non-hydrogen) atoms. The molecule has 1 amide bonds. The van der Waals surface area contributed by atoms with Crippen molar-refractivity contribution >= 4 is 50.6 Å². The van der Waals surface area contributed by atoms with Gasteiger partial charge in [-0.2, -0.15) is 0 Å². The van der Waals surface area contributed by atoms with Gasteiger partial charge in [0.05, 0.1) is 23.1 Å².